The van der Waals surface area contributed by atoms with Crippen LogP contribution in [0.4, 0.5) is 5.69 Å². The van der Waals surface area contributed by atoms with Crippen molar-refractivity contribution < 1.29 is 4.79 Å². The van der Waals surface area contributed by atoms with E-state index in [4.69, 9.17) is 0 Å². The summed E-state index contributed by atoms with van der Waals surface area (Å²) in [4.78, 5) is 11.7. The fourth-order valence-electron chi connectivity index (χ4n) is 2.69. The zero-order valence-electron chi connectivity index (χ0n) is 12.1. The number of carbonyl (C=O) groups is 1. The molecule has 3 nitrogen and oxygen atoms in total. The number of benzene rings is 1. The first-order chi connectivity index (χ1) is 9.10. The van der Waals surface area contributed by atoms with E-state index in [-0.39, 0.29) is 5.91 Å². The van der Waals surface area contributed by atoms with Crippen LogP contribution >= 0.6 is 0 Å². The summed E-state index contributed by atoms with van der Waals surface area (Å²) in [7, 11) is 1.66. The maximum absolute atomic E-state index is 11.7. The van der Waals surface area contributed by atoms with Gasteiger partial charge in [-0.05, 0) is 56.2 Å². The molecule has 0 aromatic heterocycles. The Morgan fingerprint density at radius 2 is 1.89 bits per heavy atom. The Kier molecular flexibility index (Phi) is 4.46. The first-order valence-electron chi connectivity index (χ1n) is 7.19. The summed E-state index contributed by atoms with van der Waals surface area (Å²) in [6, 6.07) is 6.40. The number of anilines is 1. The lowest BCUT2D eigenvalue weighted by molar-refractivity contribution is 0.0963. The number of aryl methyl sites for hydroxylation is 1. The van der Waals surface area contributed by atoms with Crippen LogP contribution in [0, 0.1) is 12.8 Å². The molecule has 0 heterocycles. The van der Waals surface area contributed by atoms with E-state index in [1.807, 2.05) is 18.2 Å². The van der Waals surface area contributed by atoms with Crippen LogP contribution in [0.25, 0.3) is 0 Å². The molecule has 1 saturated carbocycles. The van der Waals surface area contributed by atoms with E-state index >= 15 is 0 Å². The minimum Gasteiger partial charge on any atom is -0.382 e. The van der Waals surface area contributed by atoms with Crippen LogP contribution in [0.15, 0.2) is 18.2 Å². The van der Waals surface area contributed by atoms with Crippen molar-refractivity contribution in [1.82, 2.24) is 5.32 Å². The largest absolute Gasteiger partial charge is 0.382 e. The Bertz CT molecular complexity index is 448. The second-order valence-corrected chi connectivity index (χ2v) is 5.71. The number of amides is 1. The molecule has 1 aliphatic carbocycles. The number of carbonyl (C=O) groups excluding carboxylic acids is 1. The van der Waals surface area contributed by atoms with Gasteiger partial charge in [-0.1, -0.05) is 13.0 Å². The van der Waals surface area contributed by atoms with Crippen molar-refractivity contribution in [2.45, 2.75) is 45.6 Å². The van der Waals surface area contributed by atoms with E-state index in [0.29, 0.717) is 6.04 Å². The van der Waals surface area contributed by atoms with Gasteiger partial charge in [-0.25, -0.2) is 0 Å². The van der Waals surface area contributed by atoms with E-state index < -0.39 is 0 Å². The Labute approximate surface area is 115 Å². The highest BCUT2D eigenvalue weighted by Gasteiger charge is 2.18. The summed E-state index contributed by atoms with van der Waals surface area (Å²) < 4.78 is 0. The first kappa shape index (κ1) is 13.9. The quantitative estimate of drug-likeness (QED) is 0.875. The van der Waals surface area contributed by atoms with Crippen LogP contribution in [0.5, 0.6) is 0 Å². The topological polar surface area (TPSA) is 41.1 Å². The highest BCUT2D eigenvalue weighted by molar-refractivity contribution is 5.95. The van der Waals surface area contributed by atoms with Crippen molar-refractivity contribution in [1.29, 1.82) is 0 Å². The molecule has 0 unspecified atom stereocenters. The molecule has 19 heavy (non-hydrogen) atoms. The molecule has 2 N–H and O–H groups in total. The Morgan fingerprint density at radius 3 is 2.53 bits per heavy atom. The Hall–Kier alpha value is -1.51. The third-order valence-corrected chi connectivity index (χ3v) is 4.10. The van der Waals surface area contributed by atoms with Gasteiger partial charge in [0.1, 0.15) is 0 Å². The number of rotatable bonds is 3. The zero-order chi connectivity index (χ0) is 13.8. The monoisotopic (exact) mass is 260 g/mol. The fourth-order valence-corrected chi connectivity index (χ4v) is 2.69. The van der Waals surface area contributed by atoms with Gasteiger partial charge in [-0.2, -0.15) is 0 Å². The predicted octanol–water partition coefficient (Wildman–Crippen LogP) is 3.35. The van der Waals surface area contributed by atoms with Crippen LogP contribution in [0.2, 0.25) is 0 Å². The lowest BCUT2D eigenvalue weighted by Gasteiger charge is -2.28. The van der Waals surface area contributed by atoms with Crippen LogP contribution in [-0.2, 0) is 0 Å². The van der Waals surface area contributed by atoms with E-state index in [2.05, 4.69) is 24.5 Å². The summed E-state index contributed by atoms with van der Waals surface area (Å²) in [5, 5.41) is 6.28. The standard InChI is InChI=1S/C16H24N2O/c1-11-4-8-14(9-5-11)18-15-10-13(16(19)17-3)7-6-12(15)2/h6-7,10-11,14,18H,4-5,8-9H2,1-3H3,(H,17,19). The molecule has 1 aromatic carbocycles. The van der Waals surface area contributed by atoms with E-state index in [1.165, 1.54) is 31.2 Å². The van der Waals surface area contributed by atoms with Crippen molar-refractivity contribution >= 4 is 11.6 Å². The highest BCUT2D eigenvalue weighted by atomic mass is 16.1. The summed E-state index contributed by atoms with van der Waals surface area (Å²) in [5.74, 6) is 0.830. The minimum absolute atomic E-state index is 0.0275. The first-order valence-corrected chi connectivity index (χ1v) is 7.19. The van der Waals surface area contributed by atoms with E-state index in [9.17, 15) is 4.79 Å². The van der Waals surface area contributed by atoms with E-state index in [0.717, 1.165) is 17.2 Å². The van der Waals surface area contributed by atoms with Crippen LogP contribution in [0.1, 0.15) is 48.5 Å². The molecule has 2 rings (SSSR count). The molecule has 3 heteroatoms. The summed E-state index contributed by atoms with van der Waals surface area (Å²) >= 11 is 0. The molecule has 0 saturated heterocycles. The van der Waals surface area contributed by atoms with Gasteiger partial charge in [0, 0.05) is 24.3 Å². The van der Waals surface area contributed by atoms with Gasteiger partial charge in [0.2, 0.25) is 0 Å². The molecule has 104 valence electrons. The summed E-state index contributed by atoms with van der Waals surface area (Å²) in [6.45, 7) is 4.41. The van der Waals surface area contributed by atoms with Crippen molar-refractivity contribution in [2.24, 2.45) is 5.92 Å². The molecule has 0 atom stereocenters. The molecule has 0 spiro atoms. The van der Waals surface area contributed by atoms with Gasteiger partial charge < -0.3 is 10.6 Å². The zero-order valence-corrected chi connectivity index (χ0v) is 12.1. The van der Waals surface area contributed by atoms with Crippen molar-refractivity contribution in [3.63, 3.8) is 0 Å². The van der Waals surface area contributed by atoms with Crippen molar-refractivity contribution in [3.05, 3.63) is 29.3 Å². The maximum Gasteiger partial charge on any atom is 0.251 e. The molecular formula is C16H24N2O. The second-order valence-electron chi connectivity index (χ2n) is 5.71. The molecule has 0 radical (unpaired) electrons. The molecule has 1 aliphatic rings. The SMILES string of the molecule is CNC(=O)c1ccc(C)c(NC2CCC(C)CC2)c1. The fraction of sp³-hybridized carbons (Fsp3) is 0.562. The second kappa shape index (κ2) is 6.09. The average molecular weight is 260 g/mol. The van der Waals surface area contributed by atoms with Crippen molar-refractivity contribution in [3.8, 4) is 0 Å². The minimum atomic E-state index is -0.0275. The third kappa shape index (κ3) is 3.49. The summed E-state index contributed by atoms with van der Waals surface area (Å²) in [6.07, 6.45) is 5.05. The van der Waals surface area contributed by atoms with Crippen LogP contribution < -0.4 is 10.6 Å². The molecule has 1 aromatic rings. The van der Waals surface area contributed by atoms with Gasteiger partial charge in [-0.3, -0.25) is 4.79 Å². The van der Waals surface area contributed by atoms with Gasteiger partial charge in [0.05, 0.1) is 0 Å². The van der Waals surface area contributed by atoms with Crippen LogP contribution in [-0.4, -0.2) is 19.0 Å². The predicted molar refractivity (Wildman–Crippen MR) is 79.6 cm³/mol. The van der Waals surface area contributed by atoms with Gasteiger partial charge in [0.15, 0.2) is 0 Å². The number of nitrogens with one attached hydrogen (secondary N) is 2. The molecule has 0 aliphatic heterocycles. The average Bonchev–Trinajstić information content (AvgIpc) is 2.43. The van der Waals surface area contributed by atoms with E-state index in [1.54, 1.807) is 7.05 Å². The third-order valence-electron chi connectivity index (χ3n) is 4.10. The number of hydrogen-bond donors (Lipinski definition) is 2. The molecule has 1 fully saturated rings. The normalized spacial score (nSPS) is 22.9. The highest BCUT2D eigenvalue weighted by Crippen LogP contribution is 2.27. The maximum atomic E-state index is 11.7. The summed E-state index contributed by atoms with van der Waals surface area (Å²) in [5.41, 5.74) is 3.02. The Morgan fingerprint density at radius 1 is 1.21 bits per heavy atom. The Balaban J connectivity index is 2.08. The lowest BCUT2D eigenvalue weighted by Crippen LogP contribution is -2.26. The molecular weight excluding hydrogens is 236 g/mol. The van der Waals surface area contributed by atoms with Crippen molar-refractivity contribution in [2.75, 3.05) is 12.4 Å². The smallest absolute Gasteiger partial charge is 0.251 e. The van der Waals surface area contributed by atoms with Gasteiger partial charge >= 0.3 is 0 Å². The number of hydrogen-bond acceptors (Lipinski definition) is 2. The van der Waals surface area contributed by atoms with Crippen LogP contribution in [0.3, 0.4) is 0 Å². The molecule has 1 amide bonds. The molecule has 0 bridgehead atoms. The lowest BCUT2D eigenvalue weighted by atomic mass is 9.87. The van der Waals surface area contributed by atoms with Gasteiger partial charge in [-0.15, -0.1) is 0 Å². The van der Waals surface area contributed by atoms with Gasteiger partial charge in [0.25, 0.3) is 5.91 Å².